The molecular formula is C48H58N8O7S. The van der Waals surface area contributed by atoms with Crippen molar-refractivity contribution in [1.82, 2.24) is 24.6 Å². The van der Waals surface area contributed by atoms with Gasteiger partial charge >= 0.3 is 0 Å². The third-order valence-corrected chi connectivity index (χ3v) is 15.7. The van der Waals surface area contributed by atoms with Crippen molar-refractivity contribution < 1.29 is 28.0 Å². The summed E-state index contributed by atoms with van der Waals surface area (Å²) in [4.78, 5) is 42.1. The SMILES string of the molecule is CC(C)c1ccccc1[C@H]1CCCN1C1CC2(CCN(c3cc(Oc4cnc5[nH]ccc5c4)c(C(=O)NS(=O)(=O)c4ccc(NCC5CCC(C)(O)CC5)c([N+](=O)[O-])c4)cn3)CC2)C1. The highest BCUT2D eigenvalue weighted by molar-refractivity contribution is 7.90. The summed E-state index contributed by atoms with van der Waals surface area (Å²) in [6.45, 7) is 9.51. The molecule has 9 rings (SSSR count). The Hall–Kier alpha value is -5.58. The van der Waals surface area contributed by atoms with E-state index in [1.165, 1.54) is 61.3 Å². The lowest BCUT2D eigenvalue weighted by molar-refractivity contribution is -0.384. The minimum absolute atomic E-state index is 0.0925. The van der Waals surface area contributed by atoms with Crippen LogP contribution in [0.1, 0.15) is 118 Å². The van der Waals surface area contributed by atoms with Gasteiger partial charge in [0.25, 0.3) is 21.6 Å². The van der Waals surface area contributed by atoms with Gasteiger partial charge in [-0.25, -0.2) is 23.1 Å². The zero-order valence-electron chi connectivity index (χ0n) is 36.8. The van der Waals surface area contributed by atoms with E-state index in [0.717, 1.165) is 56.8 Å². The number of piperidine rings is 1. The number of aliphatic hydroxyl groups is 1. The zero-order chi connectivity index (χ0) is 44.8. The second kappa shape index (κ2) is 17.4. The fraction of sp³-hybridized carbons (Fsp3) is 0.479. The quantitative estimate of drug-likeness (QED) is 0.0649. The third-order valence-electron chi connectivity index (χ3n) is 14.4. The summed E-state index contributed by atoms with van der Waals surface area (Å²) in [5.74, 6) is 0.730. The van der Waals surface area contributed by atoms with E-state index in [2.05, 4.69) is 72.9 Å². The summed E-state index contributed by atoms with van der Waals surface area (Å²) in [6.07, 6.45) is 14.2. The maximum atomic E-state index is 13.9. The van der Waals surface area contributed by atoms with Gasteiger partial charge in [0, 0.05) is 61.6 Å². The van der Waals surface area contributed by atoms with Gasteiger partial charge in [0.05, 0.1) is 21.6 Å². The number of fused-ring (bicyclic) bond motifs is 1. The van der Waals surface area contributed by atoms with Gasteiger partial charge in [-0.1, -0.05) is 38.1 Å². The van der Waals surface area contributed by atoms with Crippen LogP contribution in [0.5, 0.6) is 11.5 Å². The van der Waals surface area contributed by atoms with Crippen LogP contribution in [0.3, 0.4) is 0 Å². The molecule has 16 heteroatoms. The van der Waals surface area contributed by atoms with Crippen LogP contribution >= 0.6 is 0 Å². The second-order valence-corrected chi connectivity index (χ2v) is 20.8. The Bertz CT molecular complexity index is 2640. The number of nitrogens with one attached hydrogen (secondary N) is 3. The van der Waals surface area contributed by atoms with E-state index in [1.54, 1.807) is 18.3 Å². The van der Waals surface area contributed by atoms with Crippen LogP contribution in [0.25, 0.3) is 11.0 Å². The number of amides is 1. The van der Waals surface area contributed by atoms with Gasteiger partial charge in [-0.3, -0.25) is 19.8 Å². The molecule has 2 aromatic carbocycles. The number of ether oxygens (including phenoxy) is 1. The van der Waals surface area contributed by atoms with Gasteiger partial charge in [-0.2, -0.15) is 0 Å². The summed E-state index contributed by atoms with van der Waals surface area (Å²) in [5.41, 5.74) is 2.77. The molecule has 1 spiro atoms. The highest BCUT2D eigenvalue weighted by Crippen LogP contribution is 2.54. The number of aromatic nitrogens is 3. The third kappa shape index (κ3) is 9.04. The number of hydrogen-bond acceptors (Lipinski definition) is 12. The fourth-order valence-electron chi connectivity index (χ4n) is 10.6. The first kappa shape index (κ1) is 43.7. The molecule has 0 bridgehead atoms. The molecular weight excluding hydrogens is 833 g/mol. The number of pyridine rings is 2. The highest BCUT2D eigenvalue weighted by atomic mass is 32.2. The summed E-state index contributed by atoms with van der Waals surface area (Å²) < 4.78 is 35.8. The van der Waals surface area contributed by atoms with E-state index in [1.807, 2.05) is 13.0 Å². The van der Waals surface area contributed by atoms with Crippen molar-refractivity contribution in [2.24, 2.45) is 11.3 Å². The number of rotatable bonds is 13. The van der Waals surface area contributed by atoms with Gasteiger partial charge in [-0.05, 0) is 130 Å². The van der Waals surface area contributed by atoms with E-state index in [9.17, 15) is 28.4 Å². The molecule has 4 fully saturated rings. The van der Waals surface area contributed by atoms with Gasteiger partial charge < -0.3 is 25.0 Å². The van der Waals surface area contributed by atoms with Crippen LogP contribution < -0.4 is 19.7 Å². The number of benzene rings is 2. The maximum absolute atomic E-state index is 13.9. The smallest absolute Gasteiger partial charge is 0.293 e. The molecule has 15 nitrogen and oxygen atoms in total. The number of sulfonamides is 1. The minimum atomic E-state index is -4.59. The topological polar surface area (TPSA) is 196 Å². The van der Waals surface area contributed by atoms with Crippen molar-refractivity contribution >= 4 is 44.2 Å². The van der Waals surface area contributed by atoms with Crippen molar-refractivity contribution in [3.8, 4) is 11.5 Å². The molecule has 2 aliphatic carbocycles. The van der Waals surface area contributed by atoms with E-state index in [0.29, 0.717) is 54.6 Å². The molecule has 2 saturated carbocycles. The molecule has 3 aromatic heterocycles. The van der Waals surface area contributed by atoms with Crippen LogP contribution in [-0.4, -0.2) is 82.0 Å². The number of likely N-dealkylation sites (tertiary alicyclic amines) is 1. The summed E-state index contributed by atoms with van der Waals surface area (Å²) >= 11 is 0. The summed E-state index contributed by atoms with van der Waals surface area (Å²) in [7, 11) is -4.59. The Morgan fingerprint density at radius 1 is 1.00 bits per heavy atom. The average Bonchev–Trinajstić information content (AvgIpc) is 3.95. The molecule has 2 aliphatic heterocycles. The molecule has 0 unspecified atom stereocenters. The first-order chi connectivity index (χ1) is 30.7. The Balaban J connectivity index is 0.895. The molecule has 1 amide bonds. The predicted octanol–water partition coefficient (Wildman–Crippen LogP) is 8.84. The van der Waals surface area contributed by atoms with Crippen molar-refractivity contribution in [3.63, 3.8) is 0 Å². The summed E-state index contributed by atoms with van der Waals surface area (Å²) in [5, 5.41) is 26.3. The molecule has 1 atom stereocenters. The number of H-pyrrole nitrogens is 1. The highest BCUT2D eigenvalue weighted by Gasteiger charge is 2.50. The lowest BCUT2D eigenvalue weighted by atomic mass is 9.60. The number of nitrogens with zero attached hydrogens (tertiary/aromatic N) is 5. The lowest BCUT2D eigenvalue weighted by Crippen LogP contribution is -2.55. The Labute approximate surface area is 374 Å². The molecule has 2 saturated heterocycles. The number of carbonyl (C=O) groups is 1. The van der Waals surface area contributed by atoms with Gasteiger partial charge in [-0.15, -0.1) is 0 Å². The van der Waals surface area contributed by atoms with E-state index < -0.39 is 37.0 Å². The second-order valence-electron chi connectivity index (χ2n) is 19.1. The standard InChI is InChI=1S/C48H58N8O7S/c1-31(2)37-7-4-5-8-38(37)41-9-6-20-55(41)34-26-48(27-34)17-21-54(22-18-48)44-25-43(63-35-23-33-14-19-49-45(33)52-29-35)39(30-51-44)46(57)53-64(61,62)36-10-11-40(42(24-36)56(59)60)50-28-32-12-15-47(3,58)16-13-32/h4-5,7-8,10-11,14,19,23-25,29-32,34,41,50,58H,6,9,12-13,15-18,20-22,26-28H2,1-3H3,(H,49,52)(H,53,57)/t32?,41-,47?/m1/s1. The molecule has 64 heavy (non-hydrogen) atoms. The Morgan fingerprint density at radius 2 is 1.77 bits per heavy atom. The van der Waals surface area contributed by atoms with E-state index in [4.69, 9.17) is 4.74 Å². The largest absolute Gasteiger partial charge is 0.455 e. The van der Waals surface area contributed by atoms with Crippen LogP contribution in [-0.2, 0) is 10.0 Å². The normalized spacial score (nSPS) is 22.7. The Kier molecular flexibility index (Phi) is 11.9. The molecule has 0 radical (unpaired) electrons. The number of nitro groups is 1. The molecule has 4 N–H and O–H groups in total. The Morgan fingerprint density at radius 3 is 2.52 bits per heavy atom. The van der Waals surface area contributed by atoms with E-state index >= 15 is 0 Å². The van der Waals surface area contributed by atoms with Crippen LogP contribution in [0.15, 0.2) is 84.1 Å². The number of nitro benzene ring substituents is 1. The minimum Gasteiger partial charge on any atom is -0.455 e. The molecule has 5 heterocycles. The molecule has 5 aromatic rings. The molecule has 338 valence electrons. The van der Waals surface area contributed by atoms with Crippen molar-refractivity contribution in [3.05, 3.63) is 106 Å². The van der Waals surface area contributed by atoms with Crippen molar-refractivity contribution in [2.45, 2.75) is 113 Å². The molecule has 4 aliphatic rings. The fourth-order valence-corrected chi connectivity index (χ4v) is 11.6. The zero-order valence-corrected chi connectivity index (χ0v) is 37.6. The van der Waals surface area contributed by atoms with Gasteiger partial charge in [0.15, 0.2) is 0 Å². The lowest BCUT2D eigenvalue weighted by Gasteiger charge is -2.56. The van der Waals surface area contributed by atoms with E-state index in [-0.39, 0.29) is 28.3 Å². The van der Waals surface area contributed by atoms with Crippen LogP contribution in [0.4, 0.5) is 17.2 Å². The van der Waals surface area contributed by atoms with Crippen molar-refractivity contribution in [1.29, 1.82) is 0 Å². The van der Waals surface area contributed by atoms with Crippen molar-refractivity contribution in [2.75, 3.05) is 36.4 Å². The number of aromatic amines is 1. The van der Waals surface area contributed by atoms with Crippen LogP contribution in [0.2, 0.25) is 0 Å². The number of anilines is 2. The first-order valence-electron chi connectivity index (χ1n) is 22.7. The monoisotopic (exact) mass is 890 g/mol. The predicted molar refractivity (Wildman–Crippen MR) is 245 cm³/mol. The maximum Gasteiger partial charge on any atom is 0.293 e. The summed E-state index contributed by atoms with van der Waals surface area (Å²) in [6, 6.07) is 18.8. The van der Waals surface area contributed by atoms with Gasteiger partial charge in [0.2, 0.25) is 0 Å². The average molecular weight is 891 g/mol. The van der Waals surface area contributed by atoms with Gasteiger partial charge in [0.1, 0.15) is 34.2 Å². The number of hydrogen-bond donors (Lipinski definition) is 4. The first-order valence-corrected chi connectivity index (χ1v) is 24.2. The number of carbonyl (C=O) groups excluding carboxylic acids is 1. The van der Waals surface area contributed by atoms with Crippen LogP contribution in [0, 0.1) is 21.4 Å².